The van der Waals surface area contributed by atoms with Crippen molar-refractivity contribution in [1.29, 1.82) is 0 Å². The SMILES string of the molecule is COc1ccc(NC(=O)CCCc2nc(-c3ccccc3Cl)no2)cc1. The Morgan fingerprint density at radius 1 is 1.19 bits per heavy atom. The summed E-state index contributed by atoms with van der Waals surface area (Å²) in [6.45, 7) is 0. The zero-order valence-corrected chi connectivity index (χ0v) is 15.0. The number of rotatable bonds is 7. The number of anilines is 1. The Morgan fingerprint density at radius 2 is 1.96 bits per heavy atom. The lowest BCUT2D eigenvalue weighted by atomic mass is 10.2. The zero-order valence-electron chi connectivity index (χ0n) is 14.2. The molecule has 0 aliphatic heterocycles. The van der Waals surface area contributed by atoms with Gasteiger partial charge in [-0.15, -0.1) is 0 Å². The normalized spacial score (nSPS) is 10.5. The molecule has 0 fully saturated rings. The maximum Gasteiger partial charge on any atom is 0.226 e. The number of methoxy groups -OCH3 is 1. The second kappa shape index (κ2) is 8.49. The first-order valence-electron chi connectivity index (χ1n) is 8.17. The molecule has 1 heterocycles. The van der Waals surface area contributed by atoms with Crippen LogP contribution in [0.1, 0.15) is 18.7 Å². The first kappa shape index (κ1) is 17.9. The topological polar surface area (TPSA) is 77.2 Å². The molecule has 6 nitrogen and oxygen atoms in total. The highest BCUT2D eigenvalue weighted by molar-refractivity contribution is 6.33. The summed E-state index contributed by atoms with van der Waals surface area (Å²) in [6, 6.07) is 14.5. The van der Waals surface area contributed by atoms with Crippen LogP contribution in [0.3, 0.4) is 0 Å². The Balaban J connectivity index is 1.49. The first-order chi connectivity index (χ1) is 12.7. The van der Waals surface area contributed by atoms with Crippen LogP contribution in [0.25, 0.3) is 11.4 Å². The fraction of sp³-hybridized carbons (Fsp3) is 0.211. The Morgan fingerprint density at radius 3 is 2.69 bits per heavy atom. The Bertz CT molecular complexity index is 878. The number of carbonyl (C=O) groups excluding carboxylic acids is 1. The van der Waals surface area contributed by atoms with Gasteiger partial charge in [-0.1, -0.05) is 28.9 Å². The highest BCUT2D eigenvalue weighted by atomic mass is 35.5. The van der Waals surface area contributed by atoms with E-state index in [0.29, 0.717) is 36.0 Å². The van der Waals surface area contributed by atoms with Crippen LogP contribution < -0.4 is 10.1 Å². The van der Waals surface area contributed by atoms with E-state index < -0.39 is 0 Å². The van der Waals surface area contributed by atoms with Crippen LogP contribution in [0.15, 0.2) is 53.1 Å². The Hall–Kier alpha value is -2.86. The Labute approximate surface area is 156 Å². The molecular weight excluding hydrogens is 354 g/mol. The van der Waals surface area contributed by atoms with Crippen LogP contribution in [0.4, 0.5) is 5.69 Å². The van der Waals surface area contributed by atoms with Crippen molar-refractivity contribution in [1.82, 2.24) is 10.1 Å². The molecule has 0 spiro atoms. The molecule has 0 atom stereocenters. The first-order valence-corrected chi connectivity index (χ1v) is 8.55. The van der Waals surface area contributed by atoms with E-state index in [4.69, 9.17) is 20.9 Å². The standard InChI is InChI=1S/C19H18ClN3O3/c1-25-14-11-9-13(10-12-14)21-17(24)7-4-8-18-22-19(23-26-18)15-5-2-3-6-16(15)20/h2-3,5-6,9-12H,4,7-8H2,1H3,(H,21,24). The molecule has 0 bridgehead atoms. The quantitative estimate of drug-likeness (QED) is 0.667. The third-order valence-electron chi connectivity index (χ3n) is 3.75. The van der Waals surface area contributed by atoms with Gasteiger partial charge in [-0.2, -0.15) is 4.98 Å². The van der Waals surface area contributed by atoms with Crippen molar-refractivity contribution in [2.75, 3.05) is 12.4 Å². The summed E-state index contributed by atoms with van der Waals surface area (Å²) in [5.74, 6) is 1.61. The minimum Gasteiger partial charge on any atom is -0.497 e. The molecule has 0 aliphatic rings. The van der Waals surface area contributed by atoms with Gasteiger partial charge in [0, 0.05) is 24.1 Å². The van der Waals surface area contributed by atoms with Crippen LogP contribution >= 0.6 is 11.6 Å². The molecule has 0 unspecified atom stereocenters. The number of carbonyl (C=O) groups is 1. The highest BCUT2D eigenvalue weighted by Crippen LogP contribution is 2.25. The minimum atomic E-state index is -0.0685. The molecule has 7 heteroatoms. The largest absolute Gasteiger partial charge is 0.497 e. The predicted octanol–water partition coefficient (Wildman–Crippen LogP) is 4.36. The van der Waals surface area contributed by atoms with Crippen molar-refractivity contribution in [2.24, 2.45) is 0 Å². The zero-order chi connectivity index (χ0) is 18.4. The van der Waals surface area contributed by atoms with Crippen molar-refractivity contribution >= 4 is 23.2 Å². The second-order valence-electron chi connectivity index (χ2n) is 5.62. The van der Waals surface area contributed by atoms with Crippen LogP contribution in [-0.2, 0) is 11.2 Å². The van der Waals surface area contributed by atoms with E-state index in [9.17, 15) is 4.79 Å². The monoisotopic (exact) mass is 371 g/mol. The van der Waals surface area contributed by atoms with Crippen molar-refractivity contribution in [3.63, 3.8) is 0 Å². The van der Waals surface area contributed by atoms with Gasteiger partial charge in [-0.3, -0.25) is 4.79 Å². The average molecular weight is 372 g/mol. The molecule has 134 valence electrons. The summed E-state index contributed by atoms with van der Waals surface area (Å²) in [5.41, 5.74) is 1.45. The van der Waals surface area contributed by atoms with Crippen LogP contribution in [0, 0.1) is 0 Å². The van der Waals surface area contributed by atoms with E-state index >= 15 is 0 Å². The summed E-state index contributed by atoms with van der Waals surface area (Å²) >= 11 is 6.13. The number of benzene rings is 2. The van der Waals surface area contributed by atoms with Crippen molar-refractivity contribution in [3.05, 3.63) is 59.4 Å². The van der Waals surface area contributed by atoms with Gasteiger partial charge in [0.2, 0.25) is 17.6 Å². The number of halogens is 1. The number of nitrogens with zero attached hydrogens (tertiary/aromatic N) is 2. The molecular formula is C19H18ClN3O3. The van der Waals surface area contributed by atoms with Gasteiger partial charge in [0.25, 0.3) is 0 Å². The number of hydrogen-bond acceptors (Lipinski definition) is 5. The van der Waals surface area contributed by atoms with Gasteiger partial charge in [0.05, 0.1) is 12.1 Å². The average Bonchev–Trinajstić information content (AvgIpc) is 3.11. The molecule has 1 aromatic heterocycles. The van der Waals surface area contributed by atoms with Gasteiger partial charge >= 0.3 is 0 Å². The van der Waals surface area contributed by atoms with Gasteiger partial charge in [-0.05, 0) is 42.8 Å². The molecule has 0 saturated carbocycles. The van der Waals surface area contributed by atoms with Crippen LogP contribution in [0.2, 0.25) is 5.02 Å². The van der Waals surface area contributed by atoms with E-state index in [2.05, 4.69) is 15.5 Å². The van der Waals surface area contributed by atoms with Gasteiger partial charge in [0.1, 0.15) is 5.75 Å². The van der Waals surface area contributed by atoms with Crippen molar-refractivity contribution in [3.8, 4) is 17.1 Å². The number of hydrogen-bond donors (Lipinski definition) is 1. The molecule has 0 radical (unpaired) electrons. The van der Waals surface area contributed by atoms with Crippen molar-refractivity contribution in [2.45, 2.75) is 19.3 Å². The third kappa shape index (κ3) is 4.61. The summed E-state index contributed by atoms with van der Waals surface area (Å²) in [4.78, 5) is 16.3. The van der Waals surface area contributed by atoms with E-state index in [-0.39, 0.29) is 5.91 Å². The molecule has 0 saturated heterocycles. The highest BCUT2D eigenvalue weighted by Gasteiger charge is 2.12. The van der Waals surface area contributed by atoms with E-state index in [0.717, 1.165) is 17.0 Å². The van der Waals surface area contributed by atoms with E-state index in [1.165, 1.54) is 0 Å². The maximum atomic E-state index is 12.0. The van der Waals surface area contributed by atoms with Gasteiger partial charge in [-0.25, -0.2) is 0 Å². The van der Waals surface area contributed by atoms with Gasteiger partial charge < -0.3 is 14.6 Å². The summed E-state index contributed by atoms with van der Waals surface area (Å²) in [5, 5.41) is 7.35. The van der Waals surface area contributed by atoms with Gasteiger partial charge in [0.15, 0.2) is 0 Å². The lowest BCUT2D eigenvalue weighted by Crippen LogP contribution is -2.11. The van der Waals surface area contributed by atoms with Crippen molar-refractivity contribution < 1.29 is 14.1 Å². The molecule has 0 aliphatic carbocycles. The molecule has 1 amide bonds. The number of aromatic nitrogens is 2. The number of ether oxygens (including phenoxy) is 1. The van der Waals surface area contributed by atoms with Crippen LogP contribution in [-0.4, -0.2) is 23.2 Å². The summed E-state index contributed by atoms with van der Waals surface area (Å²) < 4.78 is 10.3. The van der Waals surface area contributed by atoms with E-state index in [1.54, 1.807) is 37.4 Å². The van der Waals surface area contributed by atoms with Crippen LogP contribution in [0.5, 0.6) is 5.75 Å². The number of amides is 1. The molecule has 3 rings (SSSR count). The fourth-order valence-electron chi connectivity index (χ4n) is 2.41. The fourth-order valence-corrected chi connectivity index (χ4v) is 2.63. The second-order valence-corrected chi connectivity index (χ2v) is 6.03. The smallest absolute Gasteiger partial charge is 0.226 e. The summed E-state index contributed by atoms with van der Waals surface area (Å²) in [6.07, 6.45) is 1.48. The molecule has 26 heavy (non-hydrogen) atoms. The molecule has 1 N–H and O–H groups in total. The maximum absolute atomic E-state index is 12.0. The lowest BCUT2D eigenvalue weighted by Gasteiger charge is -2.05. The number of nitrogens with one attached hydrogen (secondary N) is 1. The Kier molecular flexibility index (Phi) is 5.86. The third-order valence-corrected chi connectivity index (χ3v) is 4.08. The predicted molar refractivity (Wildman–Crippen MR) is 99.3 cm³/mol. The number of aryl methyl sites for hydroxylation is 1. The summed E-state index contributed by atoms with van der Waals surface area (Å²) in [7, 11) is 1.60. The molecule has 2 aromatic carbocycles. The lowest BCUT2D eigenvalue weighted by molar-refractivity contribution is -0.116. The molecule has 3 aromatic rings. The minimum absolute atomic E-state index is 0.0685. The van der Waals surface area contributed by atoms with E-state index in [1.807, 2.05) is 18.2 Å².